The summed E-state index contributed by atoms with van der Waals surface area (Å²) in [6.07, 6.45) is 20.0. The molecule has 0 heterocycles. The van der Waals surface area contributed by atoms with Gasteiger partial charge < -0.3 is 4.74 Å². The summed E-state index contributed by atoms with van der Waals surface area (Å²) in [4.78, 5) is 12.7. The Balaban J connectivity index is 1.35. The van der Waals surface area contributed by atoms with Gasteiger partial charge >= 0.3 is 5.97 Å². The number of rotatable bonds is 8. The molecule has 0 bridgehead atoms. The number of carbonyl (C=O) groups excluding carboxylic acids is 1. The van der Waals surface area contributed by atoms with Crippen molar-refractivity contribution in [2.24, 2.45) is 29.1 Å². The van der Waals surface area contributed by atoms with E-state index in [4.69, 9.17) is 4.74 Å². The van der Waals surface area contributed by atoms with Gasteiger partial charge in [0.1, 0.15) is 6.10 Å². The second kappa shape index (κ2) is 11.5. The molecule has 30 heavy (non-hydrogen) atoms. The number of unbranched alkanes of at least 4 members (excludes halogenated alkanes) is 1. The van der Waals surface area contributed by atoms with Gasteiger partial charge in [0.25, 0.3) is 0 Å². The van der Waals surface area contributed by atoms with Crippen LogP contribution in [0.15, 0.2) is 0 Å². The highest BCUT2D eigenvalue weighted by molar-refractivity contribution is 5.72. The van der Waals surface area contributed by atoms with Crippen LogP contribution in [0.1, 0.15) is 123 Å². The fourth-order valence-electron chi connectivity index (χ4n) is 6.68. The van der Waals surface area contributed by atoms with Crippen LogP contribution in [0.3, 0.4) is 0 Å². The Morgan fingerprint density at radius 2 is 1.53 bits per heavy atom. The summed E-state index contributed by atoms with van der Waals surface area (Å²) in [6, 6.07) is 2.66. The lowest BCUT2D eigenvalue weighted by atomic mass is 9.64. The molecule has 0 unspecified atom stereocenters. The first-order valence-corrected chi connectivity index (χ1v) is 13.2. The van der Waals surface area contributed by atoms with Gasteiger partial charge in [0.2, 0.25) is 0 Å². The Labute approximate surface area is 185 Å². The SMILES string of the molecule is CCCC[C@H]1CC[C@H](C(=O)OC2CCC(C3CCC(C#N)(CCC)CC3)CC2)CC1. The quantitative estimate of drug-likeness (QED) is 0.384. The van der Waals surface area contributed by atoms with E-state index in [-0.39, 0.29) is 23.4 Å². The first-order valence-electron chi connectivity index (χ1n) is 13.2. The van der Waals surface area contributed by atoms with Crippen molar-refractivity contribution in [3.05, 3.63) is 0 Å². The highest BCUT2D eigenvalue weighted by Crippen LogP contribution is 2.47. The number of hydrogen-bond donors (Lipinski definition) is 0. The maximum atomic E-state index is 12.7. The Kier molecular flexibility index (Phi) is 9.09. The van der Waals surface area contributed by atoms with Gasteiger partial charge in [-0.3, -0.25) is 4.79 Å². The molecule has 0 aliphatic heterocycles. The summed E-state index contributed by atoms with van der Waals surface area (Å²) in [5.74, 6) is 2.68. The minimum absolute atomic E-state index is 0.0342. The van der Waals surface area contributed by atoms with Gasteiger partial charge in [0.05, 0.1) is 17.4 Å². The Morgan fingerprint density at radius 3 is 2.10 bits per heavy atom. The third-order valence-corrected chi connectivity index (χ3v) is 8.77. The molecule has 3 rings (SSSR count). The molecular formula is C27H45NO2. The molecule has 0 N–H and O–H groups in total. The number of nitriles is 1. The topological polar surface area (TPSA) is 50.1 Å². The van der Waals surface area contributed by atoms with Crippen molar-refractivity contribution >= 4 is 5.97 Å². The van der Waals surface area contributed by atoms with E-state index in [2.05, 4.69) is 19.9 Å². The molecule has 3 aliphatic carbocycles. The van der Waals surface area contributed by atoms with Gasteiger partial charge in [-0.2, -0.15) is 5.26 Å². The molecular weight excluding hydrogens is 370 g/mol. The summed E-state index contributed by atoms with van der Waals surface area (Å²) < 4.78 is 5.98. The van der Waals surface area contributed by atoms with Gasteiger partial charge in [-0.25, -0.2) is 0 Å². The normalized spacial score (nSPS) is 37.3. The van der Waals surface area contributed by atoms with Crippen molar-refractivity contribution in [1.29, 1.82) is 5.26 Å². The molecule has 0 spiro atoms. The van der Waals surface area contributed by atoms with E-state index in [1.54, 1.807) is 0 Å². The van der Waals surface area contributed by atoms with Crippen LogP contribution in [0.4, 0.5) is 0 Å². The van der Waals surface area contributed by atoms with Crippen LogP contribution in [0.25, 0.3) is 0 Å². The summed E-state index contributed by atoms with van der Waals surface area (Å²) in [6.45, 7) is 4.46. The predicted octanol–water partition coefficient (Wildman–Crippen LogP) is 7.59. The number of esters is 1. The van der Waals surface area contributed by atoms with E-state index >= 15 is 0 Å². The first-order chi connectivity index (χ1) is 14.6. The summed E-state index contributed by atoms with van der Waals surface area (Å²) in [5.41, 5.74) is -0.0342. The van der Waals surface area contributed by atoms with Gasteiger partial charge in [0, 0.05) is 0 Å². The largest absolute Gasteiger partial charge is 0.462 e. The van der Waals surface area contributed by atoms with Crippen molar-refractivity contribution in [3.63, 3.8) is 0 Å². The lowest BCUT2D eigenvalue weighted by Crippen LogP contribution is -2.34. The zero-order valence-electron chi connectivity index (χ0n) is 19.7. The predicted molar refractivity (Wildman–Crippen MR) is 122 cm³/mol. The number of carbonyl (C=O) groups is 1. The molecule has 3 aliphatic rings. The van der Waals surface area contributed by atoms with Crippen molar-refractivity contribution < 1.29 is 9.53 Å². The Hall–Kier alpha value is -1.04. The smallest absolute Gasteiger partial charge is 0.309 e. The van der Waals surface area contributed by atoms with Crippen LogP contribution < -0.4 is 0 Å². The highest BCUT2D eigenvalue weighted by atomic mass is 16.5. The van der Waals surface area contributed by atoms with E-state index in [9.17, 15) is 10.1 Å². The van der Waals surface area contributed by atoms with Crippen molar-refractivity contribution in [2.45, 2.75) is 129 Å². The van der Waals surface area contributed by atoms with Gasteiger partial charge in [0.15, 0.2) is 0 Å². The van der Waals surface area contributed by atoms with Crippen LogP contribution in [0, 0.1) is 40.4 Å². The minimum Gasteiger partial charge on any atom is -0.462 e. The van der Waals surface area contributed by atoms with Crippen LogP contribution in [0.5, 0.6) is 0 Å². The average molecular weight is 416 g/mol. The second-order valence-corrected chi connectivity index (χ2v) is 10.8. The van der Waals surface area contributed by atoms with E-state index < -0.39 is 0 Å². The molecule has 3 fully saturated rings. The van der Waals surface area contributed by atoms with Crippen LogP contribution in [0.2, 0.25) is 0 Å². The monoisotopic (exact) mass is 415 g/mol. The van der Waals surface area contributed by atoms with E-state index in [1.807, 2.05) is 0 Å². The molecule has 0 aromatic rings. The average Bonchev–Trinajstić information content (AvgIpc) is 2.79. The van der Waals surface area contributed by atoms with Gasteiger partial charge in [-0.05, 0) is 101 Å². The molecule has 170 valence electrons. The lowest BCUT2D eigenvalue weighted by molar-refractivity contribution is -0.157. The highest BCUT2D eigenvalue weighted by Gasteiger charge is 2.38. The lowest BCUT2D eigenvalue weighted by Gasteiger charge is -2.40. The summed E-state index contributed by atoms with van der Waals surface area (Å²) in [7, 11) is 0. The fraction of sp³-hybridized carbons (Fsp3) is 0.926. The molecule has 0 atom stereocenters. The molecule has 3 saturated carbocycles. The third kappa shape index (κ3) is 6.24. The van der Waals surface area contributed by atoms with Gasteiger partial charge in [-0.1, -0.05) is 39.5 Å². The van der Waals surface area contributed by atoms with E-state index in [1.165, 1.54) is 57.8 Å². The Bertz CT molecular complexity index is 556. The summed E-state index contributed by atoms with van der Waals surface area (Å²) >= 11 is 0. The van der Waals surface area contributed by atoms with Crippen molar-refractivity contribution in [1.82, 2.24) is 0 Å². The molecule has 3 nitrogen and oxygen atoms in total. The van der Waals surface area contributed by atoms with E-state index in [0.717, 1.165) is 69.1 Å². The fourth-order valence-corrected chi connectivity index (χ4v) is 6.68. The van der Waals surface area contributed by atoms with Crippen LogP contribution in [-0.2, 0) is 9.53 Å². The molecule has 3 heteroatoms. The molecule has 0 amide bonds. The van der Waals surface area contributed by atoms with Crippen molar-refractivity contribution in [2.75, 3.05) is 0 Å². The zero-order valence-corrected chi connectivity index (χ0v) is 19.7. The second-order valence-electron chi connectivity index (χ2n) is 10.8. The zero-order chi connectivity index (χ0) is 21.4. The first kappa shape index (κ1) is 23.6. The van der Waals surface area contributed by atoms with Crippen LogP contribution in [-0.4, -0.2) is 12.1 Å². The molecule has 0 radical (unpaired) electrons. The minimum atomic E-state index is -0.0342. The summed E-state index contributed by atoms with van der Waals surface area (Å²) in [5, 5.41) is 9.65. The Morgan fingerprint density at radius 1 is 0.900 bits per heavy atom. The maximum absolute atomic E-state index is 12.7. The molecule has 0 aromatic heterocycles. The number of hydrogen-bond acceptors (Lipinski definition) is 3. The number of ether oxygens (including phenoxy) is 1. The van der Waals surface area contributed by atoms with Crippen LogP contribution >= 0.6 is 0 Å². The standard InChI is InChI=1S/C27H45NO2/c1-3-5-6-21-7-9-24(10-8-21)26(29)30-25-13-11-22(12-14-25)23-15-18-27(20-28,17-4-2)19-16-23/h21-25H,3-19H2,1-2H3/t21-,22?,23?,24-,25?,27?. The van der Waals surface area contributed by atoms with Gasteiger partial charge in [-0.15, -0.1) is 0 Å². The van der Waals surface area contributed by atoms with E-state index in [0.29, 0.717) is 0 Å². The maximum Gasteiger partial charge on any atom is 0.309 e. The van der Waals surface area contributed by atoms with Crippen molar-refractivity contribution in [3.8, 4) is 6.07 Å². The molecule has 0 aromatic carbocycles. The third-order valence-electron chi connectivity index (χ3n) is 8.77. The number of nitrogens with zero attached hydrogens (tertiary/aromatic N) is 1. The molecule has 0 saturated heterocycles.